The summed E-state index contributed by atoms with van der Waals surface area (Å²) in [6, 6.07) is 7.55. The fourth-order valence-corrected chi connectivity index (χ4v) is 5.45. The Morgan fingerprint density at radius 1 is 1.06 bits per heavy atom. The molecule has 3 aromatic heterocycles. The number of aromatic nitrogens is 6. The Bertz CT molecular complexity index is 1230. The number of phenolic OH excluding ortho intramolecular Hbond substituents is 1. The average molecular weight is 436 g/mol. The second-order valence-electron chi connectivity index (χ2n) is 9.52. The van der Waals surface area contributed by atoms with Gasteiger partial charge in [0.15, 0.2) is 0 Å². The number of aromatic hydroxyl groups is 1. The van der Waals surface area contributed by atoms with Crippen molar-refractivity contribution >= 4 is 22.5 Å². The van der Waals surface area contributed by atoms with Gasteiger partial charge in [0, 0.05) is 22.8 Å². The van der Waals surface area contributed by atoms with Crippen LogP contribution in [-0.4, -0.2) is 46.4 Å². The Labute approximate surface area is 184 Å². The minimum atomic E-state index is -0.0102. The number of hydrogen-bond donors (Lipinski definition) is 2. The minimum absolute atomic E-state index is 0.0102. The molecule has 0 spiro atoms. The Kier molecular flexibility index (Phi) is 4.56. The van der Waals surface area contributed by atoms with Crippen molar-refractivity contribution in [1.82, 2.24) is 35.5 Å². The molecule has 0 amide bonds. The zero-order valence-electron chi connectivity index (χ0n) is 18.0. The summed E-state index contributed by atoms with van der Waals surface area (Å²) in [5.41, 5.74) is 5.19. The molecule has 2 N–H and O–H groups in total. The summed E-state index contributed by atoms with van der Waals surface area (Å²) >= 11 is 1.53. The van der Waals surface area contributed by atoms with Crippen molar-refractivity contribution in [1.29, 1.82) is 0 Å². The number of rotatable bonds is 3. The predicted molar refractivity (Wildman–Crippen MR) is 121 cm³/mol. The lowest BCUT2D eigenvalue weighted by Crippen LogP contribution is -2.58. The highest BCUT2D eigenvalue weighted by Gasteiger charge is 2.39. The molecule has 160 valence electrons. The van der Waals surface area contributed by atoms with E-state index in [1.807, 2.05) is 22.9 Å². The van der Waals surface area contributed by atoms with E-state index < -0.39 is 0 Å². The Morgan fingerprint density at radius 2 is 1.84 bits per heavy atom. The average Bonchev–Trinajstić information content (AvgIpc) is 3.35. The number of nitrogens with one attached hydrogen (secondary N) is 1. The van der Waals surface area contributed by atoms with E-state index in [9.17, 15) is 5.11 Å². The van der Waals surface area contributed by atoms with Crippen LogP contribution in [0.15, 0.2) is 36.0 Å². The molecule has 0 atom stereocenters. The summed E-state index contributed by atoms with van der Waals surface area (Å²) in [5.74, 6) is 0.147. The second-order valence-corrected chi connectivity index (χ2v) is 10.4. The number of benzene rings is 1. The van der Waals surface area contributed by atoms with Crippen LogP contribution < -0.4 is 5.32 Å². The van der Waals surface area contributed by atoms with Crippen LogP contribution in [0.1, 0.15) is 46.6 Å². The molecule has 0 bridgehead atoms. The largest absolute Gasteiger partial charge is 0.507 e. The molecule has 0 aliphatic carbocycles. The summed E-state index contributed by atoms with van der Waals surface area (Å²) in [6.07, 6.45) is 3.64. The smallest absolute Gasteiger partial charge is 0.201 e. The van der Waals surface area contributed by atoms with Gasteiger partial charge >= 0.3 is 0 Å². The third-order valence-corrected chi connectivity index (χ3v) is 6.55. The lowest BCUT2D eigenvalue weighted by molar-refractivity contribution is 0.127. The Balaban J connectivity index is 1.49. The first-order valence-electron chi connectivity index (χ1n) is 10.3. The van der Waals surface area contributed by atoms with E-state index in [1.54, 1.807) is 17.8 Å². The van der Waals surface area contributed by atoms with Gasteiger partial charge in [-0.15, -0.1) is 26.6 Å². The van der Waals surface area contributed by atoms with Crippen molar-refractivity contribution in [2.75, 3.05) is 0 Å². The quantitative estimate of drug-likeness (QED) is 0.497. The van der Waals surface area contributed by atoms with E-state index in [0.717, 1.165) is 23.3 Å². The van der Waals surface area contributed by atoms with E-state index >= 15 is 0 Å². The second kappa shape index (κ2) is 7.06. The van der Waals surface area contributed by atoms with Gasteiger partial charge in [-0.05, 0) is 64.3 Å². The highest BCUT2D eigenvalue weighted by molar-refractivity contribution is 7.13. The van der Waals surface area contributed by atoms with Crippen LogP contribution in [-0.2, 0) is 0 Å². The molecule has 5 rings (SSSR count). The van der Waals surface area contributed by atoms with E-state index in [0.29, 0.717) is 22.4 Å². The molecule has 1 aromatic carbocycles. The summed E-state index contributed by atoms with van der Waals surface area (Å²) in [4.78, 5) is 5.09. The molecule has 0 unspecified atom stereocenters. The van der Waals surface area contributed by atoms with Crippen LogP contribution in [0.25, 0.3) is 32.9 Å². The predicted octanol–water partition coefficient (Wildman–Crippen LogP) is 4.20. The van der Waals surface area contributed by atoms with E-state index in [2.05, 4.69) is 58.5 Å². The fraction of sp³-hybridized carbons (Fsp3) is 0.409. The summed E-state index contributed by atoms with van der Waals surface area (Å²) in [6.45, 7) is 8.84. The minimum Gasteiger partial charge on any atom is -0.507 e. The highest BCUT2D eigenvalue weighted by Crippen LogP contribution is 2.37. The number of fused-ring (bicyclic) bond motifs is 1. The van der Waals surface area contributed by atoms with Crippen LogP contribution in [0.5, 0.6) is 5.75 Å². The zero-order valence-corrected chi connectivity index (χ0v) is 18.8. The number of nitrogens with zero attached hydrogens (tertiary/aromatic N) is 6. The highest BCUT2D eigenvalue weighted by atomic mass is 32.1. The van der Waals surface area contributed by atoms with Gasteiger partial charge < -0.3 is 10.4 Å². The number of piperidine rings is 1. The molecule has 0 saturated carbocycles. The lowest BCUT2D eigenvalue weighted by Gasteiger charge is -2.46. The van der Waals surface area contributed by atoms with Gasteiger partial charge in [0.2, 0.25) is 5.65 Å². The van der Waals surface area contributed by atoms with Crippen molar-refractivity contribution in [3.05, 3.63) is 36.0 Å². The summed E-state index contributed by atoms with van der Waals surface area (Å²) in [7, 11) is 0. The van der Waals surface area contributed by atoms with Crippen molar-refractivity contribution in [2.24, 2.45) is 0 Å². The van der Waals surface area contributed by atoms with Crippen LogP contribution in [0.2, 0.25) is 0 Å². The molecule has 1 aliphatic rings. The first kappa shape index (κ1) is 20.0. The maximum atomic E-state index is 10.6. The maximum absolute atomic E-state index is 10.6. The standard InChI is InChI=1S/C22H25N7OS/c1-21(2)9-14(10-22(3,4)27-21)29-20-17(25-28-29)8-16(24-26-20)15-6-5-13(7-18(15)30)19-11-23-12-31-19/h5-8,11-12,14,27,30H,9-10H2,1-4H3. The molecular formula is C22H25N7OS. The van der Waals surface area contributed by atoms with E-state index in [-0.39, 0.29) is 22.9 Å². The molecule has 4 heterocycles. The molecule has 1 fully saturated rings. The molecule has 1 aliphatic heterocycles. The summed E-state index contributed by atoms with van der Waals surface area (Å²) in [5, 5.41) is 31.9. The molecular weight excluding hydrogens is 410 g/mol. The molecule has 0 radical (unpaired) electrons. The normalized spacial score (nSPS) is 18.5. The van der Waals surface area contributed by atoms with Crippen LogP contribution in [0.3, 0.4) is 0 Å². The van der Waals surface area contributed by atoms with Gasteiger partial charge in [-0.25, -0.2) is 4.68 Å². The van der Waals surface area contributed by atoms with Crippen LogP contribution in [0.4, 0.5) is 0 Å². The van der Waals surface area contributed by atoms with Crippen molar-refractivity contribution in [2.45, 2.75) is 57.7 Å². The molecule has 9 heteroatoms. The van der Waals surface area contributed by atoms with Gasteiger partial charge in [-0.3, -0.25) is 4.98 Å². The molecule has 1 saturated heterocycles. The first-order chi connectivity index (χ1) is 14.7. The van der Waals surface area contributed by atoms with Gasteiger partial charge in [0.05, 0.1) is 22.1 Å². The van der Waals surface area contributed by atoms with Crippen molar-refractivity contribution in [3.8, 4) is 27.4 Å². The van der Waals surface area contributed by atoms with Crippen molar-refractivity contribution in [3.63, 3.8) is 0 Å². The lowest BCUT2D eigenvalue weighted by atomic mass is 9.80. The van der Waals surface area contributed by atoms with Gasteiger partial charge in [0.25, 0.3) is 0 Å². The van der Waals surface area contributed by atoms with Gasteiger partial charge in [0.1, 0.15) is 11.3 Å². The first-order valence-corrected chi connectivity index (χ1v) is 11.2. The monoisotopic (exact) mass is 435 g/mol. The van der Waals surface area contributed by atoms with Crippen LogP contribution >= 0.6 is 11.3 Å². The number of thiazole rings is 1. The van der Waals surface area contributed by atoms with E-state index in [4.69, 9.17) is 0 Å². The Hall–Kier alpha value is -2.91. The third-order valence-electron chi connectivity index (χ3n) is 5.73. The van der Waals surface area contributed by atoms with Crippen molar-refractivity contribution < 1.29 is 5.11 Å². The maximum Gasteiger partial charge on any atom is 0.201 e. The third kappa shape index (κ3) is 3.79. The summed E-state index contributed by atoms with van der Waals surface area (Å²) < 4.78 is 1.91. The molecule has 8 nitrogen and oxygen atoms in total. The molecule has 4 aromatic rings. The van der Waals surface area contributed by atoms with Crippen LogP contribution in [0, 0.1) is 0 Å². The number of hydrogen-bond acceptors (Lipinski definition) is 8. The van der Waals surface area contributed by atoms with Gasteiger partial charge in [-0.2, -0.15) is 0 Å². The SMILES string of the molecule is CC1(C)CC(n2nnc3cc(-c4ccc(-c5cncs5)cc4O)nnc32)CC(C)(C)N1. The zero-order chi connectivity index (χ0) is 21.8. The van der Waals surface area contributed by atoms with E-state index in [1.165, 1.54) is 11.3 Å². The van der Waals surface area contributed by atoms with Gasteiger partial charge in [-0.1, -0.05) is 11.3 Å². The Morgan fingerprint density at radius 3 is 2.52 bits per heavy atom. The fourth-order valence-electron chi connectivity index (χ4n) is 4.83. The molecule has 31 heavy (non-hydrogen) atoms. The topological polar surface area (TPSA) is 102 Å². The number of phenols is 1.